The molecule has 0 aliphatic heterocycles. The van der Waals surface area contributed by atoms with Crippen molar-refractivity contribution in [1.29, 1.82) is 0 Å². The van der Waals surface area contributed by atoms with Crippen LogP contribution in [0.5, 0.6) is 11.5 Å². The van der Waals surface area contributed by atoms with E-state index in [-0.39, 0.29) is 55.0 Å². The Morgan fingerprint density at radius 2 is 1.11 bits per heavy atom. The van der Waals surface area contributed by atoms with E-state index in [1.807, 2.05) is 0 Å². The van der Waals surface area contributed by atoms with Crippen molar-refractivity contribution in [1.82, 2.24) is 0 Å². The van der Waals surface area contributed by atoms with E-state index in [1.54, 1.807) is 19.1 Å². The van der Waals surface area contributed by atoms with Gasteiger partial charge in [-0.3, -0.25) is 0 Å². The molecule has 2 fully saturated rings. The van der Waals surface area contributed by atoms with Gasteiger partial charge in [0.1, 0.15) is 0 Å². The molecule has 0 radical (unpaired) electrons. The van der Waals surface area contributed by atoms with E-state index in [4.69, 9.17) is 9.47 Å². The molecule has 1 N–H and O–H groups in total. The van der Waals surface area contributed by atoms with E-state index in [0.29, 0.717) is 24.0 Å². The molecule has 2 aliphatic rings. The summed E-state index contributed by atoms with van der Waals surface area (Å²) in [5.41, 5.74) is 0.749. The third-order valence-corrected chi connectivity index (χ3v) is 7.76. The number of ether oxygens (including phenoxy) is 2. The van der Waals surface area contributed by atoms with Gasteiger partial charge in [0.2, 0.25) is 11.6 Å². The lowest BCUT2D eigenvalue weighted by atomic mass is 9.78. The van der Waals surface area contributed by atoms with E-state index in [1.165, 1.54) is 12.1 Å². The van der Waals surface area contributed by atoms with Gasteiger partial charge in [-0.2, -0.15) is 8.78 Å². The Morgan fingerprint density at radius 1 is 0.657 bits per heavy atom. The van der Waals surface area contributed by atoms with Crippen molar-refractivity contribution in [2.24, 2.45) is 11.8 Å². The van der Waals surface area contributed by atoms with Gasteiger partial charge >= 0.3 is 0 Å². The minimum atomic E-state index is -0.951. The van der Waals surface area contributed by atoms with Crippen LogP contribution in [-0.4, -0.2) is 24.9 Å². The van der Waals surface area contributed by atoms with Crippen LogP contribution < -0.4 is 9.47 Å². The van der Waals surface area contributed by atoms with Crippen LogP contribution in [-0.2, 0) is 0 Å². The van der Waals surface area contributed by atoms with Gasteiger partial charge in [-0.05, 0) is 105 Å². The number of hydrogen-bond donors (Lipinski definition) is 1. The largest absolute Gasteiger partial charge is 0.491 e. The van der Waals surface area contributed by atoms with Crippen molar-refractivity contribution in [2.45, 2.75) is 70.1 Å². The van der Waals surface area contributed by atoms with Gasteiger partial charge in [0.25, 0.3) is 0 Å². The van der Waals surface area contributed by atoms with E-state index in [9.17, 15) is 22.7 Å². The van der Waals surface area contributed by atoms with Gasteiger partial charge in [-0.1, -0.05) is 12.1 Å². The zero-order valence-electron chi connectivity index (χ0n) is 20.2. The first-order chi connectivity index (χ1) is 16.9. The van der Waals surface area contributed by atoms with Crippen LogP contribution in [0.3, 0.4) is 0 Å². The molecule has 0 spiro atoms. The molecule has 7 heteroatoms. The molecule has 192 valence electrons. The Hall–Kier alpha value is -2.28. The highest BCUT2D eigenvalue weighted by atomic mass is 19.2. The maximum atomic E-state index is 14.8. The van der Waals surface area contributed by atoms with E-state index in [0.717, 1.165) is 38.5 Å². The fourth-order valence-electron chi connectivity index (χ4n) is 5.61. The minimum absolute atomic E-state index is 0.0375. The zero-order valence-corrected chi connectivity index (χ0v) is 20.2. The topological polar surface area (TPSA) is 38.7 Å². The lowest BCUT2D eigenvalue weighted by Gasteiger charge is -2.29. The highest BCUT2D eigenvalue weighted by Gasteiger charge is 2.29. The molecular formula is C28H34F4O3. The number of rotatable bonds is 8. The first-order valence-corrected chi connectivity index (χ1v) is 12.7. The van der Waals surface area contributed by atoms with Crippen molar-refractivity contribution in [3.63, 3.8) is 0 Å². The second kappa shape index (κ2) is 11.6. The van der Waals surface area contributed by atoms with Crippen LogP contribution in [0.4, 0.5) is 17.6 Å². The summed E-state index contributed by atoms with van der Waals surface area (Å²) >= 11 is 0. The molecule has 0 unspecified atom stereocenters. The molecule has 0 aromatic heterocycles. The molecule has 2 aromatic rings. The lowest BCUT2D eigenvalue weighted by Crippen LogP contribution is -2.21. The van der Waals surface area contributed by atoms with E-state index < -0.39 is 23.3 Å². The Morgan fingerprint density at radius 3 is 1.57 bits per heavy atom. The molecule has 0 heterocycles. The summed E-state index contributed by atoms with van der Waals surface area (Å²) in [6.45, 7) is 2.38. The number of aliphatic hydroxyl groups excluding tert-OH is 1. The summed E-state index contributed by atoms with van der Waals surface area (Å²) in [4.78, 5) is 0. The van der Waals surface area contributed by atoms with Crippen LogP contribution >= 0.6 is 0 Å². The fourth-order valence-corrected chi connectivity index (χ4v) is 5.61. The highest BCUT2D eigenvalue weighted by Crippen LogP contribution is 2.40. The average Bonchev–Trinajstić information content (AvgIpc) is 2.88. The molecule has 2 aromatic carbocycles. The van der Waals surface area contributed by atoms with Gasteiger partial charge in [0.15, 0.2) is 23.1 Å². The minimum Gasteiger partial charge on any atom is -0.491 e. The first kappa shape index (κ1) is 25.8. The summed E-state index contributed by atoms with van der Waals surface area (Å²) in [6.07, 6.45) is 5.92. The molecule has 35 heavy (non-hydrogen) atoms. The van der Waals surface area contributed by atoms with Crippen LogP contribution in [0.1, 0.15) is 81.3 Å². The van der Waals surface area contributed by atoms with E-state index in [2.05, 4.69) is 0 Å². The first-order valence-electron chi connectivity index (χ1n) is 12.7. The molecule has 0 bridgehead atoms. The summed E-state index contributed by atoms with van der Waals surface area (Å²) in [6, 6.07) is 6.21. The van der Waals surface area contributed by atoms with Crippen LogP contribution in [0.25, 0.3) is 0 Å². The Labute approximate surface area is 204 Å². The van der Waals surface area contributed by atoms with Crippen molar-refractivity contribution in [2.75, 3.05) is 19.8 Å². The Kier molecular flexibility index (Phi) is 8.58. The maximum absolute atomic E-state index is 14.8. The molecule has 0 atom stereocenters. The van der Waals surface area contributed by atoms with Crippen molar-refractivity contribution >= 4 is 0 Å². The van der Waals surface area contributed by atoms with Gasteiger partial charge in [-0.25, -0.2) is 8.78 Å². The average molecular weight is 495 g/mol. The van der Waals surface area contributed by atoms with Crippen LogP contribution in [0, 0.1) is 35.1 Å². The normalized spacial score (nSPS) is 24.9. The Balaban J connectivity index is 1.31. The molecule has 0 amide bonds. The Bertz CT molecular complexity index is 996. The summed E-state index contributed by atoms with van der Waals surface area (Å²) in [5.74, 6) is -3.49. The predicted octanol–water partition coefficient (Wildman–Crippen LogP) is 7.26. The van der Waals surface area contributed by atoms with Gasteiger partial charge in [0.05, 0.1) is 13.2 Å². The van der Waals surface area contributed by atoms with E-state index >= 15 is 0 Å². The van der Waals surface area contributed by atoms with Crippen molar-refractivity contribution in [3.05, 3.63) is 58.7 Å². The third kappa shape index (κ3) is 5.76. The molecular weight excluding hydrogens is 460 g/mol. The standard InChI is InChI=1S/C28H34F4O3/c1-2-34-23-13-11-21(25(29)27(23)31)20-9-5-18(6-10-20)16-35-24-14-12-22(26(30)28(24)32)19-7-3-17(15-33)4-8-19/h11-14,17-20,33H,2-10,15-16H2,1H3. The molecule has 3 nitrogen and oxygen atoms in total. The number of hydrogen-bond acceptors (Lipinski definition) is 3. The quantitative estimate of drug-likeness (QED) is 0.393. The van der Waals surface area contributed by atoms with Crippen LogP contribution in [0.15, 0.2) is 24.3 Å². The van der Waals surface area contributed by atoms with Crippen molar-refractivity contribution < 1.29 is 32.1 Å². The summed E-state index contributed by atoms with van der Waals surface area (Å²) in [5, 5.41) is 9.29. The molecule has 4 rings (SSSR count). The third-order valence-electron chi connectivity index (χ3n) is 7.76. The SMILES string of the molecule is CCOc1ccc(C2CCC(COc3ccc(C4CCC(CO)CC4)c(F)c3F)CC2)c(F)c1F. The number of halogens is 4. The van der Waals surface area contributed by atoms with Gasteiger partial charge in [0, 0.05) is 6.61 Å². The van der Waals surface area contributed by atoms with Crippen LogP contribution in [0.2, 0.25) is 0 Å². The summed E-state index contributed by atoms with van der Waals surface area (Å²) < 4.78 is 69.1. The summed E-state index contributed by atoms with van der Waals surface area (Å²) in [7, 11) is 0. The van der Waals surface area contributed by atoms with Gasteiger partial charge < -0.3 is 14.6 Å². The predicted molar refractivity (Wildman–Crippen MR) is 126 cm³/mol. The molecule has 0 saturated heterocycles. The van der Waals surface area contributed by atoms with Gasteiger partial charge in [-0.15, -0.1) is 0 Å². The second-order valence-electron chi connectivity index (χ2n) is 9.92. The second-order valence-corrected chi connectivity index (χ2v) is 9.92. The smallest absolute Gasteiger partial charge is 0.200 e. The monoisotopic (exact) mass is 494 g/mol. The molecule has 2 aliphatic carbocycles. The van der Waals surface area contributed by atoms with Crippen molar-refractivity contribution in [3.8, 4) is 11.5 Å². The lowest BCUT2D eigenvalue weighted by molar-refractivity contribution is 0.180. The number of aliphatic hydroxyl groups is 1. The zero-order chi connectivity index (χ0) is 24.9. The molecule has 2 saturated carbocycles. The highest BCUT2D eigenvalue weighted by molar-refractivity contribution is 5.34. The fraction of sp³-hybridized carbons (Fsp3) is 0.571. The number of benzene rings is 2. The maximum Gasteiger partial charge on any atom is 0.200 e.